The zero-order valence-corrected chi connectivity index (χ0v) is 36.0. The van der Waals surface area contributed by atoms with Gasteiger partial charge in [0.05, 0.1) is 17.2 Å². The number of nitrogens with zero attached hydrogens (tertiary/aromatic N) is 8. The first-order valence-electron chi connectivity index (χ1n) is 22.1. The summed E-state index contributed by atoms with van der Waals surface area (Å²) in [6.45, 7) is 9.19. The SMILES string of the molecule is Cc1c(C(=O)Nc2cnc3ccccc3n2)ccc(-c2nn3c(c2C(N)=O)Nc2ccc(N4CCN(CC5CCN(c6ccc(N7CCC(=O)NC7=O)cc6)CC5)CC4)cc2CC3)c1F. The summed E-state index contributed by atoms with van der Waals surface area (Å²) in [7, 11) is 0. The van der Waals surface area contributed by atoms with Gasteiger partial charge in [-0.05, 0) is 110 Å². The maximum Gasteiger partial charge on any atom is 0.328 e. The van der Waals surface area contributed by atoms with Crippen LogP contribution in [0.25, 0.3) is 22.3 Å². The molecular weight excluding hydrogens is 828 g/mol. The van der Waals surface area contributed by atoms with Crippen LogP contribution in [-0.2, 0) is 17.8 Å². The smallest absolute Gasteiger partial charge is 0.328 e. The van der Waals surface area contributed by atoms with Crippen molar-refractivity contribution in [1.29, 1.82) is 0 Å². The molecule has 0 saturated carbocycles. The van der Waals surface area contributed by atoms with Gasteiger partial charge < -0.3 is 26.2 Å². The van der Waals surface area contributed by atoms with Crippen LogP contribution in [0.2, 0.25) is 0 Å². The Kier molecular flexibility index (Phi) is 11.1. The highest BCUT2D eigenvalue weighted by Gasteiger charge is 2.31. The number of benzene rings is 4. The van der Waals surface area contributed by atoms with Crippen molar-refractivity contribution in [3.63, 3.8) is 0 Å². The minimum atomic E-state index is -0.747. The molecule has 0 spiro atoms. The average molecular weight is 877 g/mol. The Hall–Kier alpha value is -7.40. The molecule has 0 aliphatic carbocycles. The second kappa shape index (κ2) is 17.3. The largest absolute Gasteiger partial charge is 0.372 e. The van der Waals surface area contributed by atoms with Crippen molar-refractivity contribution in [3.8, 4) is 11.3 Å². The number of urea groups is 1. The van der Waals surface area contributed by atoms with Gasteiger partial charge in [-0.25, -0.2) is 18.9 Å². The van der Waals surface area contributed by atoms with Crippen LogP contribution in [0.5, 0.6) is 0 Å². The number of amides is 5. The van der Waals surface area contributed by atoms with Gasteiger partial charge in [0.25, 0.3) is 11.8 Å². The predicted octanol–water partition coefficient (Wildman–Crippen LogP) is 6.08. The molecule has 3 saturated heterocycles. The van der Waals surface area contributed by atoms with Crippen LogP contribution in [-0.4, -0.2) is 101 Å². The van der Waals surface area contributed by atoms with Crippen LogP contribution >= 0.6 is 0 Å². The quantitative estimate of drug-likeness (QED) is 0.132. The van der Waals surface area contributed by atoms with E-state index in [1.54, 1.807) is 15.6 Å². The van der Waals surface area contributed by atoms with Crippen LogP contribution in [0.1, 0.15) is 51.1 Å². The Balaban J connectivity index is 0.751. The van der Waals surface area contributed by atoms with Crippen molar-refractivity contribution in [2.24, 2.45) is 11.7 Å². The monoisotopic (exact) mass is 876 g/mol. The summed E-state index contributed by atoms with van der Waals surface area (Å²) in [6.07, 6.45) is 4.63. The van der Waals surface area contributed by atoms with Crippen molar-refractivity contribution in [1.82, 2.24) is 30.0 Å². The Morgan fingerprint density at radius 1 is 0.815 bits per heavy atom. The molecule has 0 unspecified atom stereocenters. The Bertz CT molecular complexity index is 2850. The molecule has 2 aromatic heterocycles. The number of nitrogens with two attached hydrogens (primary N) is 1. The van der Waals surface area contributed by atoms with Gasteiger partial charge in [0.15, 0.2) is 5.82 Å². The second-order valence-corrected chi connectivity index (χ2v) is 17.2. The zero-order valence-electron chi connectivity index (χ0n) is 36.0. The van der Waals surface area contributed by atoms with Gasteiger partial charge in [-0.15, -0.1) is 0 Å². The molecule has 4 aliphatic rings. The van der Waals surface area contributed by atoms with Crippen molar-refractivity contribution in [2.75, 3.05) is 77.7 Å². The molecule has 0 bridgehead atoms. The summed E-state index contributed by atoms with van der Waals surface area (Å²) in [5, 5.41) is 13.2. The summed E-state index contributed by atoms with van der Waals surface area (Å²) >= 11 is 0. The van der Waals surface area contributed by atoms with E-state index in [9.17, 15) is 19.2 Å². The molecule has 6 heterocycles. The summed E-state index contributed by atoms with van der Waals surface area (Å²) in [5.41, 5.74) is 12.7. The highest BCUT2D eigenvalue weighted by atomic mass is 19.1. The van der Waals surface area contributed by atoms with E-state index >= 15 is 4.39 Å². The predicted molar refractivity (Wildman–Crippen MR) is 247 cm³/mol. The topological polar surface area (TPSA) is 187 Å². The molecule has 17 heteroatoms. The number of aryl methyl sites for hydroxylation is 2. The molecule has 65 heavy (non-hydrogen) atoms. The van der Waals surface area contributed by atoms with Crippen molar-refractivity contribution in [3.05, 3.63) is 113 Å². The maximum atomic E-state index is 16.2. The number of hydrogen-bond acceptors (Lipinski definition) is 11. The van der Waals surface area contributed by atoms with Gasteiger partial charge in [-0.1, -0.05) is 12.1 Å². The number of fused-ring (bicyclic) bond motifs is 3. The Morgan fingerprint density at radius 2 is 1.54 bits per heavy atom. The van der Waals surface area contributed by atoms with E-state index in [0.717, 1.165) is 87.0 Å². The highest BCUT2D eigenvalue weighted by molar-refractivity contribution is 6.07. The maximum absolute atomic E-state index is 16.2. The fourth-order valence-corrected chi connectivity index (χ4v) is 9.53. The van der Waals surface area contributed by atoms with Gasteiger partial charge >= 0.3 is 6.03 Å². The van der Waals surface area contributed by atoms with E-state index in [2.05, 4.69) is 64.9 Å². The minimum absolute atomic E-state index is 0.0650. The third kappa shape index (κ3) is 8.30. The molecule has 0 radical (unpaired) electrons. The molecule has 6 aromatic rings. The molecule has 4 aromatic carbocycles. The molecule has 16 nitrogen and oxygen atoms in total. The van der Waals surface area contributed by atoms with E-state index in [1.807, 2.05) is 36.4 Å². The summed E-state index contributed by atoms with van der Waals surface area (Å²) in [6, 6.07) is 24.3. The first-order valence-corrected chi connectivity index (χ1v) is 22.1. The lowest BCUT2D eigenvalue weighted by atomic mass is 9.95. The number of aromatic nitrogens is 4. The third-order valence-electron chi connectivity index (χ3n) is 13.2. The van der Waals surface area contributed by atoms with E-state index in [0.29, 0.717) is 48.7 Å². The number of rotatable bonds is 9. The fraction of sp³-hybridized carbons (Fsp3) is 0.312. The molecule has 4 aliphatic heterocycles. The lowest BCUT2D eigenvalue weighted by Crippen LogP contribution is -2.49. The number of carbonyl (C=O) groups is 4. The molecule has 332 valence electrons. The molecule has 5 amide bonds. The van der Waals surface area contributed by atoms with E-state index in [4.69, 9.17) is 10.8 Å². The molecular formula is C48H49FN12O4. The van der Waals surface area contributed by atoms with E-state index in [1.165, 1.54) is 25.3 Å². The lowest BCUT2D eigenvalue weighted by Gasteiger charge is -2.40. The van der Waals surface area contributed by atoms with E-state index < -0.39 is 17.6 Å². The molecule has 0 atom stereocenters. The normalized spacial score (nSPS) is 17.0. The van der Waals surface area contributed by atoms with Crippen molar-refractivity contribution >= 4 is 69.2 Å². The van der Waals surface area contributed by atoms with Crippen LogP contribution in [0.15, 0.2) is 85.1 Å². The number of nitrogens with one attached hydrogen (secondary N) is 3. The first-order chi connectivity index (χ1) is 31.6. The number of carbonyl (C=O) groups excluding carboxylic acids is 4. The number of halogens is 1. The second-order valence-electron chi connectivity index (χ2n) is 17.2. The summed E-state index contributed by atoms with van der Waals surface area (Å²) in [5.74, 6) is -0.943. The average Bonchev–Trinajstić information content (AvgIpc) is 3.58. The molecule has 3 fully saturated rings. The van der Waals surface area contributed by atoms with Crippen molar-refractivity contribution < 1.29 is 23.6 Å². The van der Waals surface area contributed by atoms with Crippen LogP contribution in [0, 0.1) is 18.7 Å². The van der Waals surface area contributed by atoms with E-state index in [-0.39, 0.29) is 45.7 Å². The number of primary amides is 1. The molecule has 5 N–H and O–H groups in total. The summed E-state index contributed by atoms with van der Waals surface area (Å²) < 4.78 is 17.9. The number of anilines is 6. The van der Waals surface area contributed by atoms with Gasteiger partial charge in [0.1, 0.15) is 22.9 Å². The van der Waals surface area contributed by atoms with Gasteiger partial charge in [-0.3, -0.25) is 34.5 Å². The van der Waals surface area contributed by atoms with Crippen molar-refractivity contribution in [2.45, 2.75) is 39.2 Å². The lowest BCUT2D eigenvalue weighted by molar-refractivity contribution is -0.120. The van der Waals surface area contributed by atoms with Gasteiger partial charge in [-0.2, -0.15) is 5.10 Å². The van der Waals surface area contributed by atoms with Gasteiger partial charge in [0.2, 0.25) is 5.91 Å². The van der Waals surface area contributed by atoms with Crippen LogP contribution in [0.3, 0.4) is 0 Å². The fourth-order valence-electron chi connectivity index (χ4n) is 9.53. The Morgan fingerprint density at radius 3 is 2.29 bits per heavy atom. The highest BCUT2D eigenvalue weighted by Crippen LogP contribution is 2.38. The number of piperidine rings is 1. The van der Waals surface area contributed by atoms with Gasteiger partial charge in [0, 0.05) is 99.2 Å². The number of piperazine rings is 1. The number of imide groups is 1. The number of para-hydroxylation sites is 2. The Labute approximate surface area is 374 Å². The van der Waals surface area contributed by atoms with Crippen LogP contribution < -0.4 is 36.4 Å². The minimum Gasteiger partial charge on any atom is -0.372 e. The van der Waals surface area contributed by atoms with Crippen LogP contribution in [0.4, 0.5) is 43.6 Å². The molecule has 10 rings (SSSR count). The third-order valence-corrected chi connectivity index (χ3v) is 13.2. The summed E-state index contributed by atoms with van der Waals surface area (Å²) in [4.78, 5) is 68.0. The zero-order chi connectivity index (χ0) is 44.8. The first kappa shape index (κ1) is 41.6. The standard InChI is InChI=1S/C48H49FN12O4/c1-29-35(47(64)54-40-27-51-38-4-2-3-5-39(38)52-40)11-12-36(43(29)49)44-42(45(50)63)46-53-37-13-10-34(26-31(37)16-21-61(46)56-44)59-24-22-57(23-25-59)28-30-14-18-58(19-15-30)32-6-8-33(9-7-32)60-20-17-41(62)55-48(60)65/h2-13,26-27,30,53H,14-25,28H2,1H3,(H2,50,63)(H,52,54,64)(H,55,62,65). The number of hydrogen-bond donors (Lipinski definition) is 4.